The zero-order valence-electron chi connectivity index (χ0n) is 7.64. The van der Waals surface area contributed by atoms with Crippen molar-refractivity contribution in [1.82, 2.24) is 4.90 Å². The highest BCUT2D eigenvalue weighted by molar-refractivity contribution is 4.83. The van der Waals surface area contributed by atoms with Gasteiger partial charge in [0.15, 0.2) is 0 Å². The van der Waals surface area contributed by atoms with E-state index in [0.717, 1.165) is 25.6 Å². The van der Waals surface area contributed by atoms with Crippen molar-refractivity contribution in [2.75, 3.05) is 19.8 Å². The second-order valence-electron chi connectivity index (χ2n) is 4.24. The normalized spacial score (nSPS) is 33.2. The Morgan fingerprint density at radius 2 is 1.92 bits per heavy atom. The second kappa shape index (κ2) is 3.73. The zero-order chi connectivity index (χ0) is 8.39. The molecule has 2 heteroatoms. The summed E-state index contributed by atoms with van der Waals surface area (Å²) in [5, 5.41) is 0. The van der Waals surface area contributed by atoms with E-state index in [1.807, 2.05) is 0 Å². The van der Waals surface area contributed by atoms with Gasteiger partial charge in [-0.1, -0.05) is 12.8 Å². The van der Waals surface area contributed by atoms with E-state index in [0.29, 0.717) is 5.92 Å². The van der Waals surface area contributed by atoms with Crippen LogP contribution in [0.5, 0.6) is 0 Å². The molecule has 1 aliphatic carbocycles. The predicted molar refractivity (Wildman–Crippen MR) is 47.9 cm³/mol. The van der Waals surface area contributed by atoms with Gasteiger partial charge in [0.05, 0.1) is 6.67 Å². The predicted octanol–water partition coefficient (Wildman–Crippen LogP) is 2.22. The van der Waals surface area contributed by atoms with Crippen LogP contribution in [-0.2, 0) is 0 Å². The lowest BCUT2D eigenvalue weighted by Gasteiger charge is -2.22. The van der Waals surface area contributed by atoms with Crippen LogP contribution in [-0.4, -0.2) is 30.7 Å². The second-order valence-corrected chi connectivity index (χ2v) is 4.24. The molecule has 2 rings (SSSR count). The molecule has 0 radical (unpaired) electrons. The van der Waals surface area contributed by atoms with Crippen molar-refractivity contribution in [3.63, 3.8) is 0 Å². The molecule has 1 atom stereocenters. The SMILES string of the molecule is FCC1CCN(C2CCCC2)C1. The summed E-state index contributed by atoms with van der Waals surface area (Å²) in [4.78, 5) is 2.51. The first-order chi connectivity index (χ1) is 5.90. The fraction of sp³-hybridized carbons (Fsp3) is 1.00. The van der Waals surface area contributed by atoms with Gasteiger partial charge in [-0.25, -0.2) is 0 Å². The van der Waals surface area contributed by atoms with Crippen molar-refractivity contribution in [3.8, 4) is 0 Å². The fourth-order valence-electron chi connectivity index (χ4n) is 2.59. The smallest absolute Gasteiger partial charge is 0.0935 e. The number of likely N-dealkylation sites (tertiary alicyclic amines) is 1. The van der Waals surface area contributed by atoms with Crippen LogP contribution in [0.3, 0.4) is 0 Å². The first kappa shape index (κ1) is 8.49. The molecule has 1 saturated carbocycles. The van der Waals surface area contributed by atoms with E-state index in [-0.39, 0.29) is 6.67 Å². The van der Waals surface area contributed by atoms with Crippen LogP contribution in [0.1, 0.15) is 32.1 Å². The summed E-state index contributed by atoms with van der Waals surface area (Å²) in [5.74, 6) is 0.352. The first-order valence-corrected chi connectivity index (χ1v) is 5.20. The third-order valence-corrected chi connectivity index (χ3v) is 3.38. The molecule has 0 bridgehead atoms. The molecule has 0 amide bonds. The Labute approximate surface area is 73.9 Å². The zero-order valence-corrected chi connectivity index (χ0v) is 7.64. The van der Waals surface area contributed by atoms with Crippen LogP contribution in [0.2, 0.25) is 0 Å². The van der Waals surface area contributed by atoms with Crippen LogP contribution in [0.25, 0.3) is 0 Å². The van der Waals surface area contributed by atoms with E-state index in [1.54, 1.807) is 0 Å². The molecule has 1 unspecified atom stereocenters. The molecule has 70 valence electrons. The van der Waals surface area contributed by atoms with Gasteiger partial charge in [0, 0.05) is 18.5 Å². The Morgan fingerprint density at radius 3 is 2.50 bits per heavy atom. The maximum absolute atomic E-state index is 12.3. The van der Waals surface area contributed by atoms with Crippen molar-refractivity contribution in [3.05, 3.63) is 0 Å². The lowest BCUT2D eigenvalue weighted by Crippen LogP contribution is -2.31. The fourth-order valence-corrected chi connectivity index (χ4v) is 2.59. The highest BCUT2D eigenvalue weighted by Crippen LogP contribution is 2.28. The number of hydrogen-bond donors (Lipinski definition) is 0. The van der Waals surface area contributed by atoms with Crippen molar-refractivity contribution < 1.29 is 4.39 Å². The van der Waals surface area contributed by atoms with Gasteiger partial charge in [-0.2, -0.15) is 0 Å². The van der Waals surface area contributed by atoms with E-state index in [1.165, 1.54) is 25.7 Å². The van der Waals surface area contributed by atoms with E-state index >= 15 is 0 Å². The van der Waals surface area contributed by atoms with E-state index < -0.39 is 0 Å². The van der Waals surface area contributed by atoms with Crippen LogP contribution in [0.15, 0.2) is 0 Å². The molecule has 1 heterocycles. The van der Waals surface area contributed by atoms with E-state index in [4.69, 9.17) is 0 Å². The molecule has 2 aliphatic rings. The van der Waals surface area contributed by atoms with Crippen LogP contribution >= 0.6 is 0 Å². The monoisotopic (exact) mass is 171 g/mol. The van der Waals surface area contributed by atoms with Gasteiger partial charge in [-0.15, -0.1) is 0 Å². The summed E-state index contributed by atoms with van der Waals surface area (Å²) in [6, 6.07) is 0.807. The third kappa shape index (κ3) is 1.63. The van der Waals surface area contributed by atoms with Gasteiger partial charge in [-0.3, -0.25) is 4.39 Å². The largest absolute Gasteiger partial charge is 0.300 e. The van der Waals surface area contributed by atoms with Gasteiger partial charge in [0.1, 0.15) is 0 Å². The molecule has 1 saturated heterocycles. The van der Waals surface area contributed by atoms with E-state index in [9.17, 15) is 4.39 Å². The summed E-state index contributed by atoms with van der Waals surface area (Å²) >= 11 is 0. The minimum absolute atomic E-state index is 0.108. The Bertz CT molecular complexity index is 143. The van der Waals surface area contributed by atoms with Crippen LogP contribution in [0, 0.1) is 5.92 Å². The Hall–Kier alpha value is -0.110. The minimum atomic E-state index is -0.108. The Morgan fingerprint density at radius 1 is 1.17 bits per heavy atom. The molecule has 0 aromatic rings. The number of rotatable bonds is 2. The molecule has 12 heavy (non-hydrogen) atoms. The summed E-state index contributed by atoms with van der Waals surface area (Å²) < 4.78 is 12.3. The highest BCUT2D eigenvalue weighted by Gasteiger charge is 2.29. The molecule has 0 aromatic carbocycles. The van der Waals surface area contributed by atoms with Gasteiger partial charge < -0.3 is 4.90 Å². The average molecular weight is 171 g/mol. The Kier molecular flexibility index (Phi) is 2.64. The molecule has 0 aromatic heterocycles. The minimum Gasteiger partial charge on any atom is -0.300 e. The summed E-state index contributed by atoms with van der Waals surface area (Å²) in [6.45, 7) is 2.07. The lowest BCUT2D eigenvalue weighted by molar-refractivity contribution is 0.230. The molecule has 2 fully saturated rings. The maximum Gasteiger partial charge on any atom is 0.0935 e. The van der Waals surface area contributed by atoms with Crippen LogP contribution in [0.4, 0.5) is 4.39 Å². The summed E-state index contributed by atoms with van der Waals surface area (Å²) in [7, 11) is 0. The molecular weight excluding hydrogens is 153 g/mol. The topological polar surface area (TPSA) is 3.24 Å². The highest BCUT2D eigenvalue weighted by atomic mass is 19.1. The first-order valence-electron chi connectivity index (χ1n) is 5.20. The van der Waals surface area contributed by atoms with Gasteiger partial charge in [0.25, 0.3) is 0 Å². The maximum atomic E-state index is 12.3. The molecule has 1 aliphatic heterocycles. The standard InChI is InChI=1S/C10H18FN/c11-7-9-5-6-12(8-9)10-3-1-2-4-10/h9-10H,1-8H2. The average Bonchev–Trinajstić information content (AvgIpc) is 2.75. The van der Waals surface area contributed by atoms with Crippen LogP contribution < -0.4 is 0 Å². The molecule has 0 N–H and O–H groups in total. The van der Waals surface area contributed by atoms with Crippen molar-refractivity contribution >= 4 is 0 Å². The third-order valence-electron chi connectivity index (χ3n) is 3.38. The Balaban J connectivity index is 1.81. The van der Waals surface area contributed by atoms with Crippen molar-refractivity contribution in [1.29, 1.82) is 0 Å². The van der Waals surface area contributed by atoms with Crippen molar-refractivity contribution in [2.45, 2.75) is 38.1 Å². The number of alkyl halides is 1. The van der Waals surface area contributed by atoms with Gasteiger partial charge >= 0.3 is 0 Å². The molecule has 1 nitrogen and oxygen atoms in total. The quantitative estimate of drug-likeness (QED) is 0.615. The summed E-state index contributed by atoms with van der Waals surface area (Å²) in [5.41, 5.74) is 0. The van der Waals surface area contributed by atoms with Crippen molar-refractivity contribution in [2.24, 2.45) is 5.92 Å². The number of nitrogens with zero attached hydrogens (tertiary/aromatic N) is 1. The molecular formula is C10H18FN. The van der Waals surface area contributed by atoms with Gasteiger partial charge in [-0.05, 0) is 25.8 Å². The van der Waals surface area contributed by atoms with Gasteiger partial charge in [0.2, 0.25) is 0 Å². The van der Waals surface area contributed by atoms with E-state index in [2.05, 4.69) is 4.90 Å². The number of hydrogen-bond acceptors (Lipinski definition) is 1. The summed E-state index contributed by atoms with van der Waals surface area (Å²) in [6.07, 6.45) is 6.59. The molecule has 0 spiro atoms. The lowest BCUT2D eigenvalue weighted by atomic mass is 10.1. The number of halogens is 1.